The molecular weight excluding hydrogens is 436 g/mol. The van der Waals surface area contributed by atoms with Crippen molar-refractivity contribution in [3.63, 3.8) is 0 Å². The zero-order valence-corrected chi connectivity index (χ0v) is 18.2. The number of carbonyl (C=O) groups is 3. The molecule has 0 aliphatic carbocycles. The number of nitrogens with one attached hydrogen (secondary N) is 3. The molecule has 164 valence electrons. The van der Waals surface area contributed by atoms with E-state index in [1.807, 2.05) is 0 Å². The first kappa shape index (κ1) is 23.4. The summed E-state index contributed by atoms with van der Waals surface area (Å²) in [6.45, 7) is 2.62. The summed E-state index contributed by atoms with van der Waals surface area (Å²) >= 11 is 1.33. The third-order valence-corrected chi connectivity index (χ3v) is 5.97. The first-order chi connectivity index (χ1) is 14.1. The third-order valence-electron chi connectivity index (χ3n) is 3.67. The summed E-state index contributed by atoms with van der Waals surface area (Å²) in [5.41, 5.74) is 5.10. The minimum Gasteiger partial charge on any atom is -0.455 e. The second kappa shape index (κ2) is 10.3. The number of amides is 2. The number of hydrogen-bond donors (Lipinski definition) is 3. The number of sulfonamides is 1. The van der Waals surface area contributed by atoms with Crippen LogP contribution >= 0.6 is 11.3 Å². The lowest BCUT2D eigenvalue weighted by Gasteiger charge is -2.08. The summed E-state index contributed by atoms with van der Waals surface area (Å²) in [5, 5.41) is 2.26. The molecule has 2 aromatic rings. The number of ether oxygens (including phenoxy) is 1. The summed E-state index contributed by atoms with van der Waals surface area (Å²) < 4.78 is 32.7. The van der Waals surface area contributed by atoms with E-state index in [4.69, 9.17) is 4.74 Å². The molecule has 0 atom stereocenters. The van der Waals surface area contributed by atoms with Gasteiger partial charge >= 0.3 is 5.97 Å². The van der Waals surface area contributed by atoms with Gasteiger partial charge in [0.25, 0.3) is 15.9 Å². The molecule has 0 saturated heterocycles. The van der Waals surface area contributed by atoms with Crippen LogP contribution in [0.2, 0.25) is 0 Å². The fraction of sp³-hybridized carbons (Fsp3) is 0.438. The van der Waals surface area contributed by atoms with Crippen LogP contribution in [-0.2, 0) is 42.6 Å². The van der Waals surface area contributed by atoms with Gasteiger partial charge in [-0.05, 0) is 13.8 Å². The van der Waals surface area contributed by atoms with Gasteiger partial charge in [-0.2, -0.15) is 0 Å². The summed E-state index contributed by atoms with van der Waals surface area (Å²) in [7, 11) is -2.19. The average molecular weight is 459 g/mol. The first-order valence-corrected chi connectivity index (χ1v) is 11.1. The molecule has 12 nitrogen and oxygen atoms in total. The molecule has 2 heterocycles. The highest BCUT2D eigenvalue weighted by Gasteiger charge is 2.19. The number of esters is 1. The minimum absolute atomic E-state index is 0.00845. The summed E-state index contributed by atoms with van der Waals surface area (Å²) in [6.07, 6.45) is 1.08. The van der Waals surface area contributed by atoms with E-state index in [1.165, 1.54) is 17.5 Å². The monoisotopic (exact) mass is 458 g/mol. The van der Waals surface area contributed by atoms with Crippen LogP contribution in [0.5, 0.6) is 0 Å². The maximum absolute atomic E-state index is 12.1. The van der Waals surface area contributed by atoms with Crippen LogP contribution in [0.4, 0.5) is 0 Å². The maximum atomic E-state index is 12.1. The van der Waals surface area contributed by atoms with Gasteiger partial charge in [-0.15, -0.1) is 11.3 Å². The van der Waals surface area contributed by atoms with E-state index in [2.05, 4.69) is 25.5 Å². The van der Waals surface area contributed by atoms with Gasteiger partial charge in [-0.3, -0.25) is 25.2 Å². The number of hydrogen-bond acceptors (Lipinski definition) is 9. The normalized spacial score (nSPS) is 11.2. The Hall–Kier alpha value is -2.84. The number of imidazole rings is 1. The standard InChI is InChI=1S/C16H22N6O6S2/c1-10-9-29-14(18-10)6-12(23)20-21-13(24)8-28-16(25)4-5-17-30(26,27)15-7-22(3)11(2)19-15/h7,9,17H,4-6,8H2,1-3H3,(H,20,23)(H,21,24). The van der Waals surface area contributed by atoms with Crippen LogP contribution in [0.1, 0.15) is 22.9 Å². The lowest BCUT2D eigenvalue weighted by Crippen LogP contribution is -2.44. The van der Waals surface area contributed by atoms with E-state index in [0.29, 0.717) is 10.8 Å². The molecule has 0 aromatic carbocycles. The van der Waals surface area contributed by atoms with Gasteiger partial charge in [0.15, 0.2) is 11.6 Å². The number of rotatable bonds is 9. The van der Waals surface area contributed by atoms with Gasteiger partial charge in [0.1, 0.15) is 10.8 Å². The molecule has 0 radical (unpaired) electrons. The highest BCUT2D eigenvalue weighted by atomic mass is 32.2. The van der Waals surface area contributed by atoms with Gasteiger partial charge in [-0.1, -0.05) is 0 Å². The van der Waals surface area contributed by atoms with Crippen LogP contribution in [0, 0.1) is 13.8 Å². The lowest BCUT2D eigenvalue weighted by atomic mass is 10.4. The van der Waals surface area contributed by atoms with Crippen LogP contribution in [0.25, 0.3) is 0 Å². The van der Waals surface area contributed by atoms with Crippen LogP contribution in [0.15, 0.2) is 16.6 Å². The smallest absolute Gasteiger partial charge is 0.307 e. The number of hydrazine groups is 1. The Bertz CT molecular complexity index is 1010. The SMILES string of the molecule is Cc1csc(CC(=O)NNC(=O)COC(=O)CCNS(=O)(=O)c2cn(C)c(C)n2)n1. The molecule has 30 heavy (non-hydrogen) atoms. The highest BCUT2D eigenvalue weighted by molar-refractivity contribution is 7.89. The molecule has 2 amide bonds. The molecule has 0 spiro atoms. The van der Waals surface area contributed by atoms with Crippen molar-refractivity contribution < 1.29 is 27.5 Å². The van der Waals surface area contributed by atoms with Crippen molar-refractivity contribution in [2.24, 2.45) is 7.05 Å². The molecule has 2 aromatic heterocycles. The topological polar surface area (TPSA) is 161 Å². The third kappa shape index (κ3) is 7.20. The molecule has 2 rings (SSSR count). The van der Waals surface area contributed by atoms with Crippen molar-refractivity contribution in [3.05, 3.63) is 28.1 Å². The molecule has 0 unspecified atom stereocenters. The van der Waals surface area contributed by atoms with Gasteiger partial charge in [0.05, 0.1) is 12.8 Å². The van der Waals surface area contributed by atoms with Crippen molar-refractivity contribution in [2.75, 3.05) is 13.2 Å². The van der Waals surface area contributed by atoms with E-state index >= 15 is 0 Å². The quantitative estimate of drug-likeness (QED) is 0.322. The van der Waals surface area contributed by atoms with E-state index in [9.17, 15) is 22.8 Å². The van der Waals surface area contributed by atoms with Crippen molar-refractivity contribution in [2.45, 2.75) is 31.7 Å². The fourth-order valence-electron chi connectivity index (χ4n) is 2.08. The Balaban J connectivity index is 1.64. The molecular formula is C16H22N6O6S2. The first-order valence-electron chi connectivity index (χ1n) is 8.71. The van der Waals surface area contributed by atoms with Gasteiger partial charge in [0, 0.05) is 30.9 Å². The molecule has 0 saturated carbocycles. The second-order valence-electron chi connectivity index (χ2n) is 6.20. The van der Waals surface area contributed by atoms with Crippen LogP contribution in [0.3, 0.4) is 0 Å². The average Bonchev–Trinajstić information content (AvgIpc) is 3.23. The predicted molar refractivity (Wildman–Crippen MR) is 106 cm³/mol. The highest BCUT2D eigenvalue weighted by Crippen LogP contribution is 2.09. The van der Waals surface area contributed by atoms with E-state index < -0.39 is 34.4 Å². The Morgan fingerprint density at radius 1 is 1.17 bits per heavy atom. The largest absolute Gasteiger partial charge is 0.455 e. The van der Waals surface area contributed by atoms with Crippen molar-refractivity contribution in [3.8, 4) is 0 Å². The van der Waals surface area contributed by atoms with Crippen LogP contribution in [-0.4, -0.2) is 53.9 Å². The Morgan fingerprint density at radius 3 is 2.47 bits per heavy atom. The minimum atomic E-state index is -3.85. The predicted octanol–water partition coefficient (Wildman–Crippen LogP) is -0.905. The lowest BCUT2D eigenvalue weighted by molar-refractivity contribution is -0.148. The fourth-order valence-corrected chi connectivity index (χ4v) is 3.91. The molecule has 14 heteroatoms. The van der Waals surface area contributed by atoms with Gasteiger partial charge in [0.2, 0.25) is 5.91 Å². The number of thiazole rings is 1. The van der Waals surface area contributed by atoms with Gasteiger partial charge < -0.3 is 9.30 Å². The summed E-state index contributed by atoms with van der Waals surface area (Å²) in [5.74, 6) is -1.47. The maximum Gasteiger partial charge on any atom is 0.307 e. The molecule has 0 fully saturated rings. The number of aryl methyl sites for hydroxylation is 3. The molecule has 3 N–H and O–H groups in total. The number of carbonyl (C=O) groups excluding carboxylic acids is 3. The van der Waals surface area contributed by atoms with E-state index in [0.717, 1.165) is 5.69 Å². The van der Waals surface area contributed by atoms with Gasteiger partial charge in [-0.25, -0.2) is 23.1 Å². The van der Waals surface area contributed by atoms with Crippen molar-refractivity contribution in [1.82, 2.24) is 30.1 Å². The summed E-state index contributed by atoms with van der Waals surface area (Å²) in [4.78, 5) is 43.0. The number of aromatic nitrogens is 3. The molecule has 0 aliphatic rings. The Morgan fingerprint density at radius 2 is 1.87 bits per heavy atom. The van der Waals surface area contributed by atoms with Crippen LogP contribution < -0.4 is 15.6 Å². The molecule has 0 aliphatic heterocycles. The second-order valence-corrected chi connectivity index (χ2v) is 8.86. The zero-order chi connectivity index (χ0) is 22.3. The van der Waals surface area contributed by atoms with Crippen molar-refractivity contribution in [1.29, 1.82) is 0 Å². The Labute approximate surface area is 177 Å². The Kier molecular flexibility index (Phi) is 8.02. The zero-order valence-electron chi connectivity index (χ0n) is 16.6. The molecule has 0 bridgehead atoms. The summed E-state index contributed by atoms with van der Waals surface area (Å²) in [6, 6.07) is 0. The number of nitrogens with zero attached hydrogens (tertiary/aromatic N) is 3. The van der Waals surface area contributed by atoms with E-state index in [1.54, 1.807) is 30.8 Å². The van der Waals surface area contributed by atoms with E-state index in [-0.39, 0.29) is 24.4 Å². The van der Waals surface area contributed by atoms with Crippen molar-refractivity contribution >= 4 is 39.1 Å².